The third kappa shape index (κ3) is 3.08. The van der Waals surface area contributed by atoms with Gasteiger partial charge in [0.15, 0.2) is 0 Å². The van der Waals surface area contributed by atoms with Crippen LogP contribution in [0.25, 0.3) is 10.8 Å². The molecule has 0 unspecified atom stereocenters. The number of thiophene rings is 1. The van der Waals surface area contributed by atoms with Crippen molar-refractivity contribution in [2.24, 2.45) is 0 Å². The van der Waals surface area contributed by atoms with Gasteiger partial charge in [-0.2, -0.15) is 0 Å². The van der Waals surface area contributed by atoms with E-state index in [1.807, 2.05) is 35.7 Å². The van der Waals surface area contributed by atoms with Gasteiger partial charge < -0.3 is 9.84 Å². The van der Waals surface area contributed by atoms with Gasteiger partial charge in [-0.1, -0.05) is 48.2 Å². The molecule has 2 nitrogen and oxygen atoms in total. The van der Waals surface area contributed by atoms with Gasteiger partial charge in [-0.25, -0.2) is 0 Å². The number of aliphatic hydroxyl groups excluding tert-OH is 1. The fourth-order valence-electron chi connectivity index (χ4n) is 2.16. The fraction of sp³-hybridized carbons (Fsp3) is 0.111. The molecule has 21 heavy (non-hydrogen) atoms. The molecule has 3 rings (SSSR count). The number of hydrogen-bond donors (Lipinski definition) is 1. The van der Waals surface area contributed by atoms with Gasteiger partial charge in [0.25, 0.3) is 0 Å². The molecule has 0 fully saturated rings. The van der Waals surface area contributed by atoms with E-state index in [0.29, 0.717) is 6.61 Å². The summed E-state index contributed by atoms with van der Waals surface area (Å²) in [6.45, 7) is 0.362. The average Bonchev–Trinajstić information content (AvgIpc) is 2.98. The SMILES string of the molecule is OCC#Cc1ccsc1COc1cccc2ccccc12. The minimum Gasteiger partial charge on any atom is -0.487 e. The summed E-state index contributed by atoms with van der Waals surface area (Å²) in [4.78, 5) is 1.07. The summed E-state index contributed by atoms with van der Waals surface area (Å²) in [6, 6.07) is 16.2. The molecular formula is C18H14O2S. The molecule has 0 radical (unpaired) electrons. The number of rotatable bonds is 3. The molecule has 0 atom stereocenters. The van der Waals surface area contributed by atoms with E-state index in [-0.39, 0.29) is 6.61 Å². The van der Waals surface area contributed by atoms with Crippen LogP contribution in [-0.2, 0) is 6.61 Å². The summed E-state index contributed by atoms with van der Waals surface area (Å²) < 4.78 is 5.96. The third-order valence-corrected chi connectivity index (χ3v) is 4.05. The maximum absolute atomic E-state index is 8.78. The van der Waals surface area contributed by atoms with Crippen LogP contribution in [0.3, 0.4) is 0 Å². The number of fused-ring (bicyclic) bond motifs is 1. The van der Waals surface area contributed by atoms with Crippen LogP contribution in [0.2, 0.25) is 0 Å². The number of ether oxygens (including phenoxy) is 1. The van der Waals surface area contributed by atoms with Crippen LogP contribution in [-0.4, -0.2) is 11.7 Å². The second-order valence-corrected chi connectivity index (χ2v) is 5.48. The Morgan fingerprint density at radius 2 is 1.90 bits per heavy atom. The number of hydrogen-bond acceptors (Lipinski definition) is 3. The Labute approximate surface area is 127 Å². The zero-order valence-electron chi connectivity index (χ0n) is 11.4. The smallest absolute Gasteiger partial charge is 0.127 e. The zero-order chi connectivity index (χ0) is 14.5. The molecule has 0 aliphatic carbocycles. The van der Waals surface area contributed by atoms with Gasteiger partial charge in [-0.15, -0.1) is 11.3 Å². The Morgan fingerprint density at radius 3 is 2.81 bits per heavy atom. The predicted octanol–water partition coefficient (Wildman–Crippen LogP) is 3.82. The minimum atomic E-state index is -0.126. The van der Waals surface area contributed by atoms with Crippen molar-refractivity contribution in [3.05, 3.63) is 64.4 Å². The Balaban J connectivity index is 1.83. The van der Waals surface area contributed by atoms with Gasteiger partial charge in [0.2, 0.25) is 0 Å². The minimum absolute atomic E-state index is 0.126. The molecule has 104 valence electrons. The molecule has 1 N–H and O–H groups in total. The molecule has 0 saturated heterocycles. The summed E-state index contributed by atoms with van der Waals surface area (Å²) in [5.41, 5.74) is 0.925. The van der Waals surface area contributed by atoms with Crippen molar-refractivity contribution in [3.63, 3.8) is 0 Å². The molecule has 0 aliphatic heterocycles. The standard InChI is InChI=1S/C18H14O2S/c19-11-4-7-15-10-12-21-18(15)13-20-17-9-3-6-14-5-1-2-8-16(14)17/h1-3,5-6,8-10,12,19H,11,13H2. The van der Waals surface area contributed by atoms with Gasteiger partial charge in [0.1, 0.15) is 19.0 Å². The first-order chi connectivity index (χ1) is 10.4. The van der Waals surface area contributed by atoms with E-state index < -0.39 is 0 Å². The Morgan fingerprint density at radius 1 is 1.05 bits per heavy atom. The molecule has 3 aromatic rings. The van der Waals surface area contributed by atoms with Crippen molar-refractivity contribution in [2.45, 2.75) is 6.61 Å². The lowest BCUT2D eigenvalue weighted by atomic mass is 10.1. The highest BCUT2D eigenvalue weighted by molar-refractivity contribution is 7.10. The first-order valence-electron chi connectivity index (χ1n) is 6.65. The molecule has 0 spiro atoms. The van der Waals surface area contributed by atoms with Crippen LogP contribution < -0.4 is 4.74 Å². The first kappa shape index (κ1) is 13.7. The lowest BCUT2D eigenvalue weighted by Crippen LogP contribution is -1.95. The van der Waals surface area contributed by atoms with E-state index in [2.05, 4.69) is 30.0 Å². The van der Waals surface area contributed by atoms with Crippen molar-refractivity contribution >= 4 is 22.1 Å². The molecule has 0 saturated carbocycles. The summed E-state index contributed by atoms with van der Waals surface area (Å²) in [7, 11) is 0. The lowest BCUT2D eigenvalue weighted by molar-refractivity contribution is 0.313. The van der Waals surface area contributed by atoms with Crippen molar-refractivity contribution in [1.29, 1.82) is 0 Å². The van der Waals surface area contributed by atoms with Gasteiger partial charge in [0.05, 0.1) is 4.88 Å². The molecule has 3 heteroatoms. The molecule has 1 aromatic heterocycles. The van der Waals surface area contributed by atoms with E-state index in [1.54, 1.807) is 11.3 Å². The first-order valence-corrected chi connectivity index (χ1v) is 7.53. The topological polar surface area (TPSA) is 29.5 Å². The van der Waals surface area contributed by atoms with E-state index in [9.17, 15) is 0 Å². The van der Waals surface area contributed by atoms with E-state index in [0.717, 1.165) is 21.6 Å². The highest BCUT2D eigenvalue weighted by Crippen LogP contribution is 2.27. The zero-order valence-corrected chi connectivity index (χ0v) is 12.2. The third-order valence-electron chi connectivity index (χ3n) is 3.16. The van der Waals surface area contributed by atoms with Gasteiger partial charge >= 0.3 is 0 Å². The number of benzene rings is 2. The van der Waals surface area contributed by atoms with Crippen molar-refractivity contribution in [2.75, 3.05) is 6.61 Å². The highest BCUT2D eigenvalue weighted by atomic mass is 32.1. The number of aliphatic hydroxyl groups is 1. The Kier molecular flexibility index (Phi) is 4.20. The normalized spacial score (nSPS) is 10.1. The molecule has 1 heterocycles. The van der Waals surface area contributed by atoms with Crippen LogP contribution in [0.4, 0.5) is 0 Å². The maximum Gasteiger partial charge on any atom is 0.127 e. The van der Waals surface area contributed by atoms with Crippen LogP contribution in [0.15, 0.2) is 53.9 Å². The summed E-state index contributed by atoms with van der Waals surface area (Å²) in [6.07, 6.45) is 0. The van der Waals surface area contributed by atoms with Gasteiger partial charge in [0, 0.05) is 10.9 Å². The molecular weight excluding hydrogens is 280 g/mol. The van der Waals surface area contributed by atoms with Gasteiger partial charge in [-0.3, -0.25) is 0 Å². The molecule has 0 bridgehead atoms. The van der Waals surface area contributed by atoms with E-state index in [1.165, 1.54) is 5.39 Å². The van der Waals surface area contributed by atoms with Crippen LogP contribution in [0.1, 0.15) is 10.4 Å². The summed E-state index contributed by atoms with van der Waals surface area (Å²) >= 11 is 1.62. The molecule has 2 aromatic carbocycles. The van der Waals surface area contributed by atoms with Crippen molar-refractivity contribution in [1.82, 2.24) is 0 Å². The molecule has 0 amide bonds. The molecule has 0 aliphatic rings. The van der Waals surface area contributed by atoms with Crippen molar-refractivity contribution in [3.8, 4) is 17.6 Å². The average molecular weight is 294 g/mol. The largest absolute Gasteiger partial charge is 0.487 e. The second-order valence-electron chi connectivity index (χ2n) is 4.48. The highest BCUT2D eigenvalue weighted by Gasteiger charge is 2.05. The summed E-state index contributed by atoms with van der Waals surface area (Å²) in [5, 5.41) is 13.0. The van der Waals surface area contributed by atoms with E-state index >= 15 is 0 Å². The van der Waals surface area contributed by atoms with Crippen LogP contribution in [0.5, 0.6) is 5.75 Å². The Bertz CT molecular complexity index is 803. The Hall–Kier alpha value is -2.28. The van der Waals surface area contributed by atoms with Crippen LogP contribution in [0, 0.1) is 11.8 Å². The maximum atomic E-state index is 8.78. The van der Waals surface area contributed by atoms with Crippen LogP contribution >= 0.6 is 11.3 Å². The summed E-state index contributed by atoms with van der Waals surface area (Å²) in [5.74, 6) is 6.50. The van der Waals surface area contributed by atoms with Gasteiger partial charge in [-0.05, 0) is 22.9 Å². The quantitative estimate of drug-likeness (QED) is 0.744. The lowest BCUT2D eigenvalue weighted by Gasteiger charge is -2.08. The predicted molar refractivity (Wildman–Crippen MR) is 86.6 cm³/mol. The van der Waals surface area contributed by atoms with E-state index in [4.69, 9.17) is 9.84 Å². The fourth-order valence-corrected chi connectivity index (χ4v) is 2.90. The van der Waals surface area contributed by atoms with Crippen molar-refractivity contribution < 1.29 is 9.84 Å². The monoisotopic (exact) mass is 294 g/mol. The second kappa shape index (κ2) is 6.45.